The minimum atomic E-state index is -4.32. The van der Waals surface area contributed by atoms with Crippen molar-refractivity contribution < 1.29 is 18.0 Å². The van der Waals surface area contributed by atoms with Gasteiger partial charge in [-0.1, -0.05) is 108 Å². The van der Waals surface area contributed by atoms with Gasteiger partial charge in [0.1, 0.15) is 12.6 Å². The van der Waals surface area contributed by atoms with Crippen molar-refractivity contribution >= 4 is 62.3 Å². The molecule has 0 aliphatic rings. The van der Waals surface area contributed by atoms with Crippen molar-refractivity contribution in [1.82, 2.24) is 10.2 Å². The van der Waals surface area contributed by atoms with Crippen LogP contribution in [0.15, 0.2) is 108 Å². The number of anilines is 1. The molecular formula is C34H34Cl3N3O4S. The van der Waals surface area contributed by atoms with Gasteiger partial charge < -0.3 is 10.2 Å². The molecule has 0 spiro atoms. The number of hydrogen-bond donors (Lipinski definition) is 1. The Balaban J connectivity index is 1.85. The van der Waals surface area contributed by atoms with Crippen LogP contribution in [-0.2, 0) is 32.6 Å². The lowest BCUT2D eigenvalue weighted by molar-refractivity contribution is -0.140. The van der Waals surface area contributed by atoms with Crippen molar-refractivity contribution in [1.29, 1.82) is 0 Å². The average molecular weight is 687 g/mol. The van der Waals surface area contributed by atoms with Crippen molar-refractivity contribution in [3.05, 3.63) is 129 Å². The number of carbonyl (C=O) groups is 2. The van der Waals surface area contributed by atoms with Crippen LogP contribution in [0.5, 0.6) is 0 Å². The second-order valence-corrected chi connectivity index (χ2v) is 14.5. The Bertz CT molecular complexity index is 1750. The molecule has 0 unspecified atom stereocenters. The van der Waals surface area contributed by atoms with Crippen LogP contribution in [0.1, 0.15) is 31.9 Å². The molecule has 0 heterocycles. The molecule has 0 aliphatic heterocycles. The van der Waals surface area contributed by atoms with Crippen molar-refractivity contribution in [2.45, 2.75) is 50.2 Å². The second-order valence-electron chi connectivity index (χ2n) is 11.5. The van der Waals surface area contributed by atoms with Gasteiger partial charge in [0.25, 0.3) is 10.0 Å². The number of benzene rings is 4. The van der Waals surface area contributed by atoms with Crippen LogP contribution >= 0.6 is 34.8 Å². The second kappa shape index (κ2) is 14.7. The molecule has 1 atom stereocenters. The first-order chi connectivity index (χ1) is 21.3. The molecule has 0 saturated heterocycles. The Morgan fingerprint density at radius 3 is 1.98 bits per heavy atom. The lowest BCUT2D eigenvalue weighted by atomic mass is 10.0. The number of hydrogen-bond acceptors (Lipinski definition) is 4. The fourth-order valence-electron chi connectivity index (χ4n) is 4.74. The Kier molecular flexibility index (Phi) is 11.2. The molecule has 2 amide bonds. The molecule has 0 fully saturated rings. The Morgan fingerprint density at radius 1 is 0.778 bits per heavy atom. The maximum Gasteiger partial charge on any atom is 0.264 e. The summed E-state index contributed by atoms with van der Waals surface area (Å²) in [7, 11) is -4.32. The summed E-state index contributed by atoms with van der Waals surface area (Å²) >= 11 is 19.4. The number of amides is 2. The summed E-state index contributed by atoms with van der Waals surface area (Å²) in [6.07, 6.45) is 0.169. The molecule has 7 nitrogen and oxygen atoms in total. The lowest BCUT2D eigenvalue weighted by Gasteiger charge is -2.35. The highest BCUT2D eigenvalue weighted by molar-refractivity contribution is 7.92. The SMILES string of the molecule is CC(C)(C)NC(=O)[C@H](Cc1ccccc1)N(Cc1ccccc1Cl)C(=O)CN(c1cccc(Cl)c1Cl)S(=O)(=O)c1ccccc1. The van der Waals surface area contributed by atoms with Crippen LogP contribution in [0.2, 0.25) is 15.1 Å². The van der Waals surface area contributed by atoms with Gasteiger partial charge in [-0.15, -0.1) is 0 Å². The van der Waals surface area contributed by atoms with Gasteiger partial charge >= 0.3 is 0 Å². The maximum atomic E-state index is 14.5. The first kappa shape index (κ1) is 34.3. The number of halogens is 3. The largest absolute Gasteiger partial charge is 0.350 e. The number of nitrogens with zero attached hydrogens (tertiary/aromatic N) is 2. The molecule has 0 aromatic heterocycles. The fourth-order valence-corrected chi connectivity index (χ4v) is 6.83. The highest BCUT2D eigenvalue weighted by Crippen LogP contribution is 2.35. The minimum absolute atomic E-state index is 0.0258. The number of carbonyl (C=O) groups excluding carboxylic acids is 2. The van der Waals surface area contributed by atoms with Gasteiger partial charge in [-0.3, -0.25) is 13.9 Å². The summed E-state index contributed by atoms with van der Waals surface area (Å²) in [6, 6.07) is 27.6. The van der Waals surface area contributed by atoms with E-state index in [1.807, 2.05) is 51.1 Å². The third-order valence-corrected chi connectivity index (χ3v) is 9.83. The Labute approximate surface area is 279 Å². The van der Waals surface area contributed by atoms with E-state index >= 15 is 0 Å². The first-order valence-electron chi connectivity index (χ1n) is 14.2. The van der Waals surface area contributed by atoms with Crippen LogP contribution in [0.4, 0.5) is 5.69 Å². The quantitative estimate of drug-likeness (QED) is 0.178. The molecule has 4 rings (SSSR count). The van der Waals surface area contributed by atoms with Gasteiger partial charge in [-0.2, -0.15) is 0 Å². The topological polar surface area (TPSA) is 86.8 Å². The molecule has 4 aromatic carbocycles. The van der Waals surface area contributed by atoms with Crippen molar-refractivity contribution in [2.75, 3.05) is 10.8 Å². The van der Waals surface area contributed by atoms with E-state index in [-0.39, 0.29) is 33.6 Å². The monoisotopic (exact) mass is 685 g/mol. The van der Waals surface area contributed by atoms with Crippen molar-refractivity contribution in [2.24, 2.45) is 0 Å². The number of sulfonamides is 1. The lowest BCUT2D eigenvalue weighted by Crippen LogP contribution is -2.56. The fraction of sp³-hybridized carbons (Fsp3) is 0.235. The summed E-state index contributed by atoms with van der Waals surface area (Å²) in [5.74, 6) is -1.04. The summed E-state index contributed by atoms with van der Waals surface area (Å²) in [5.41, 5.74) is 0.822. The molecule has 0 saturated carbocycles. The smallest absolute Gasteiger partial charge is 0.264 e. The molecular weight excluding hydrogens is 653 g/mol. The predicted molar refractivity (Wildman–Crippen MR) is 181 cm³/mol. The molecule has 0 radical (unpaired) electrons. The van der Waals surface area contributed by atoms with E-state index in [1.54, 1.807) is 48.5 Å². The van der Waals surface area contributed by atoms with Gasteiger partial charge in [-0.25, -0.2) is 8.42 Å². The summed E-state index contributed by atoms with van der Waals surface area (Å²) < 4.78 is 29.1. The molecule has 11 heteroatoms. The summed E-state index contributed by atoms with van der Waals surface area (Å²) in [5, 5.41) is 3.48. The van der Waals surface area contributed by atoms with Crippen LogP contribution in [0.3, 0.4) is 0 Å². The molecule has 1 N–H and O–H groups in total. The molecule has 236 valence electrons. The van der Waals surface area contributed by atoms with Gasteiger partial charge in [0.15, 0.2) is 0 Å². The van der Waals surface area contributed by atoms with E-state index in [4.69, 9.17) is 34.8 Å². The standard InChI is InChI=1S/C34H34Cl3N3O4S/c1-34(2,3)38-33(42)30(21-24-13-6-4-7-14-24)39(22-25-15-10-11-18-27(25)35)31(41)23-40(29-20-12-19-28(36)32(29)37)45(43,44)26-16-8-5-9-17-26/h4-20,30H,21-23H2,1-3H3,(H,38,42)/t30-/m0/s1. The van der Waals surface area contributed by atoms with E-state index < -0.39 is 40.0 Å². The zero-order valence-corrected chi connectivity index (χ0v) is 28.2. The summed E-state index contributed by atoms with van der Waals surface area (Å²) in [4.78, 5) is 29.8. The van der Waals surface area contributed by atoms with Gasteiger partial charge in [0, 0.05) is 23.5 Å². The number of nitrogens with one attached hydrogen (secondary N) is 1. The molecule has 0 aliphatic carbocycles. The Hall–Kier alpha value is -3.56. The minimum Gasteiger partial charge on any atom is -0.350 e. The van der Waals surface area contributed by atoms with Crippen molar-refractivity contribution in [3.8, 4) is 0 Å². The van der Waals surface area contributed by atoms with E-state index in [0.29, 0.717) is 10.6 Å². The highest BCUT2D eigenvalue weighted by atomic mass is 35.5. The van der Waals surface area contributed by atoms with Gasteiger partial charge in [0.2, 0.25) is 11.8 Å². The first-order valence-corrected chi connectivity index (χ1v) is 16.8. The van der Waals surface area contributed by atoms with E-state index in [0.717, 1.165) is 9.87 Å². The predicted octanol–water partition coefficient (Wildman–Crippen LogP) is 7.40. The third kappa shape index (κ3) is 8.79. The van der Waals surface area contributed by atoms with Crippen LogP contribution in [-0.4, -0.2) is 43.3 Å². The van der Waals surface area contributed by atoms with E-state index in [1.165, 1.54) is 29.2 Å². The summed E-state index contributed by atoms with van der Waals surface area (Å²) in [6.45, 7) is 4.81. The average Bonchev–Trinajstić information content (AvgIpc) is 3.00. The zero-order chi connectivity index (χ0) is 32.8. The van der Waals surface area contributed by atoms with Crippen LogP contribution < -0.4 is 9.62 Å². The van der Waals surface area contributed by atoms with Gasteiger partial charge in [0.05, 0.1) is 20.6 Å². The van der Waals surface area contributed by atoms with Crippen molar-refractivity contribution in [3.63, 3.8) is 0 Å². The molecule has 45 heavy (non-hydrogen) atoms. The normalized spacial score (nSPS) is 12.3. The number of rotatable bonds is 11. The van der Waals surface area contributed by atoms with E-state index in [9.17, 15) is 18.0 Å². The maximum absolute atomic E-state index is 14.5. The Morgan fingerprint density at radius 2 is 1.36 bits per heavy atom. The van der Waals surface area contributed by atoms with Crippen LogP contribution in [0.25, 0.3) is 0 Å². The zero-order valence-electron chi connectivity index (χ0n) is 25.1. The van der Waals surface area contributed by atoms with Crippen LogP contribution in [0, 0.1) is 0 Å². The van der Waals surface area contributed by atoms with Gasteiger partial charge in [-0.05, 0) is 62.2 Å². The van der Waals surface area contributed by atoms with E-state index in [2.05, 4.69) is 5.32 Å². The molecule has 0 bridgehead atoms. The highest BCUT2D eigenvalue weighted by Gasteiger charge is 2.36. The third-order valence-electron chi connectivity index (χ3n) is 6.88. The molecule has 4 aromatic rings.